The summed E-state index contributed by atoms with van der Waals surface area (Å²) in [7, 11) is 1.91. The summed E-state index contributed by atoms with van der Waals surface area (Å²) < 4.78 is 0. The van der Waals surface area contributed by atoms with Crippen molar-refractivity contribution in [3.8, 4) is 11.4 Å². The third-order valence-electron chi connectivity index (χ3n) is 2.70. The van der Waals surface area contributed by atoms with Gasteiger partial charge in [0.1, 0.15) is 0 Å². The number of aromatic nitrogens is 2. The third-order valence-corrected chi connectivity index (χ3v) is 2.70. The molecule has 0 atom stereocenters. The predicted molar refractivity (Wildman–Crippen MR) is 71.1 cm³/mol. The summed E-state index contributed by atoms with van der Waals surface area (Å²) in [6.45, 7) is 4.27. The Labute approximate surface area is 102 Å². The minimum absolute atomic E-state index is 0.424. The Kier molecular flexibility index (Phi) is 3.38. The number of hydrogen-bond acceptors (Lipinski definition) is 3. The fraction of sp³-hybridized carbons (Fsp3) is 0.286. The molecular weight excluding hydrogens is 210 g/mol. The zero-order valence-electron chi connectivity index (χ0n) is 10.4. The maximum Gasteiger partial charge on any atom is 0.159 e. The van der Waals surface area contributed by atoms with Crippen molar-refractivity contribution in [1.82, 2.24) is 9.97 Å². The lowest BCUT2D eigenvalue weighted by atomic mass is 10.1. The Morgan fingerprint density at radius 2 is 1.76 bits per heavy atom. The van der Waals surface area contributed by atoms with Gasteiger partial charge in [-0.05, 0) is 36.2 Å². The standard InChI is InChI=1S/C14H17N3/c1-10(2)13-8-9-16-14(17-13)11-4-6-12(15-3)7-5-11/h4-10,15H,1-3H3. The molecule has 0 spiro atoms. The molecule has 2 rings (SSSR count). The highest BCUT2D eigenvalue weighted by Gasteiger charge is 2.05. The molecule has 3 heteroatoms. The predicted octanol–water partition coefficient (Wildman–Crippen LogP) is 3.31. The van der Waals surface area contributed by atoms with Crippen molar-refractivity contribution in [1.29, 1.82) is 0 Å². The monoisotopic (exact) mass is 227 g/mol. The molecular formula is C14H17N3. The molecule has 1 aromatic carbocycles. The molecule has 1 heterocycles. The second kappa shape index (κ2) is 4.95. The molecule has 0 unspecified atom stereocenters. The number of nitrogens with zero attached hydrogens (tertiary/aromatic N) is 2. The first kappa shape index (κ1) is 11.6. The van der Waals surface area contributed by atoms with Crippen LogP contribution in [-0.2, 0) is 0 Å². The molecule has 0 radical (unpaired) electrons. The Balaban J connectivity index is 2.35. The van der Waals surface area contributed by atoms with Crippen LogP contribution < -0.4 is 5.32 Å². The molecule has 0 bridgehead atoms. The zero-order chi connectivity index (χ0) is 12.3. The van der Waals surface area contributed by atoms with Crippen LogP contribution in [0.5, 0.6) is 0 Å². The Morgan fingerprint density at radius 3 is 2.35 bits per heavy atom. The maximum atomic E-state index is 4.57. The van der Waals surface area contributed by atoms with Gasteiger partial charge >= 0.3 is 0 Å². The van der Waals surface area contributed by atoms with Crippen LogP contribution in [0.4, 0.5) is 5.69 Å². The van der Waals surface area contributed by atoms with E-state index >= 15 is 0 Å². The van der Waals surface area contributed by atoms with Gasteiger partial charge in [-0.2, -0.15) is 0 Å². The van der Waals surface area contributed by atoms with Gasteiger partial charge in [-0.1, -0.05) is 13.8 Å². The number of hydrogen-bond donors (Lipinski definition) is 1. The minimum atomic E-state index is 0.424. The first-order chi connectivity index (χ1) is 8.20. The van der Waals surface area contributed by atoms with Crippen molar-refractivity contribution >= 4 is 5.69 Å². The van der Waals surface area contributed by atoms with E-state index in [9.17, 15) is 0 Å². The topological polar surface area (TPSA) is 37.8 Å². The van der Waals surface area contributed by atoms with Crippen molar-refractivity contribution < 1.29 is 0 Å². The molecule has 88 valence electrons. The first-order valence-corrected chi connectivity index (χ1v) is 5.82. The fourth-order valence-corrected chi connectivity index (χ4v) is 1.62. The lowest BCUT2D eigenvalue weighted by molar-refractivity contribution is 0.817. The van der Waals surface area contributed by atoms with Gasteiger partial charge < -0.3 is 5.32 Å². The van der Waals surface area contributed by atoms with E-state index < -0.39 is 0 Å². The van der Waals surface area contributed by atoms with E-state index in [1.807, 2.05) is 43.6 Å². The quantitative estimate of drug-likeness (QED) is 0.874. The van der Waals surface area contributed by atoms with Crippen LogP contribution in [0.2, 0.25) is 0 Å². The smallest absolute Gasteiger partial charge is 0.159 e. The van der Waals surface area contributed by atoms with E-state index in [2.05, 4.69) is 29.1 Å². The Morgan fingerprint density at radius 1 is 1.06 bits per heavy atom. The molecule has 1 aromatic heterocycles. The molecule has 2 aromatic rings. The maximum absolute atomic E-state index is 4.57. The van der Waals surface area contributed by atoms with Gasteiger partial charge in [-0.25, -0.2) is 9.97 Å². The summed E-state index contributed by atoms with van der Waals surface area (Å²) in [6, 6.07) is 10.1. The number of benzene rings is 1. The second-order valence-electron chi connectivity index (χ2n) is 4.29. The van der Waals surface area contributed by atoms with Gasteiger partial charge in [0.15, 0.2) is 5.82 Å². The number of anilines is 1. The summed E-state index contributed by atoms with van der Waals surface area (Å²) in [5, 5.41) is 3.09. The van der Waals surface area contributed by atoms with Gasteiger partial charge in [-0.3, -0.25) is 0 Å². The largest absolute Gasteiger partial charge is 0.388 e. The summed E-state index contributed by atoms with van der Waals surface area (Å²) in [6.07, 6.45) is 1.82. The van der Waals surface area contributed by atoms with Gasteiger partial charge in [0.2, 0.25) is 0 Å². The normalized spacial score (nSPS) is 10.6. The van der Waals surface area contributed by atoms with Crippen LogP contribution >= 0.6 is 0 Å². The van der Waals surface area contributed by atoms with Crippen molar-refractivity contribution in [2.24, 2.45) is 0 Å². The van der Waals surface area contributed by atoms with Crippen molar-refractivity contribution in [3.63, 3.8) is 0 Å². The molecule has 0 saturated carbocycles. The molecule has 0 aliphatic rings. The van der Waals surface area contributed by atoms with Gasteiger partial charge in [0.25, 0.3) is 0 Å². The summed E-state index contributed by atoms with van der Waals surface area (Å²) >= 11 is 0. The second-order valence-corrected chi connectivity index (χ2v) is 4.29. The average molecular weight is 227 g/mol. The van der Waals surface area contributed by atoms with Crippen LogP contribution in [0.15, 0.2) is 36.5 Å². The molecule has 3 nitrogen and oxygen atoms in total. The van der Waals surface area contributed by atoms with Crippen LogP contribution in [0.3, 0.4) is 0 Å². The van der Waals surface area contributed by atoms with Crippen LogP contribution in [-0.4, -0.2) is 17.0 Å². The molecule has 0 aliphatic heterocycles. The molecule has 0 aliphatic carbocycles. The van der Waals surface area contributed by atoms with Crippen molar-refractivity contribution in [2.75, 3.05) is 12.4 Å². The van der Waals surface area contributed by atoms with Crippen LogP contribution in [0, 0.1) is 0 Å². The minimum Gasteiger partial charge on any atom is -0.388 e. The highest BCUT2D eigenvalue weighted by molar-refractivity contribution is 5.59. The molecule has 0 amide bonds. The average Bonchev–Trinajstić information content (AvgIpc) is 2.39. The van der Waals surface area contributed by atoms with E-state index in [1.165, 1.54) is 0 Å². The van der Waals surface area contributed by atoms with Crippen molar-refractivity contribution in [3.05, 3.63) is 42.2 Å². The fourth-order valence-electron chi connectivity index (χ4n) is 1.62. The van der Waals surface area contributed by atoms with E-state index in [-0.39, 0.29) is 0 Å². The van der Waals surface area contributed by atoms with Crippen LogP contribution in [0.1, 0.15) is 25.5 Å². The summed E-state index contributed by atoms with van der Waals surface area (Å²) in [4.78, 5) is 8.88. The third kappa shape index (κ3) is 2.61. The molecule has 17 heavy (non-hydrogen) atoms. The van der Waals surface area contributed by atoms with Gasteiger partial charge in [0, 0.05) is 30.2 Å². The molecule has 1 N–H and O–H groups in total. The SMILES string of the molecule is CNc1ccc(-c2nccc(C(C)C)n2)cc1. The van der Waals surface area contributed by atoms with Gasteiger partial charge in [0.05, 0.1) is 0 Å². The van der Waals surface area contributed by atoms with E-state index in [1.54, 1.807) is 0 Å². The summed E-state index contributed by atoms with van der Waals surface area (Å²) in [5.74, 6) is 1.21. The molecule has 0 saturated heterocycles. The highest BCUT2D eigenvalue weighted by Crippen LogP contribution is 2.19. The number of nitrogens with one attached hydrogen (secondary N) is 1. The van der Waals surface area contributed by atoms with E-state index in [0.29, 0.717) is 5.92 Å². The zero-order valence-corrected chi connectivity index (χ0v) is 10.4. The van der Waals surface area contributed by atoms with Crippen LogP contribution in [0.25, 0.3) is 11.4 Å². The first-order valence-electron chi connectivity index (χ1n) is 5.82. The van der Waals surface area contributed by atoms with E-state index in [4.69, 9.17) is 0 Å². The number of rotatable bonds is 3. The highest BCUT2D eigenvalue weighted by atomic mass is 14.9. The Hall–Kier alpha value is -1.90. The van der Waals surface area contributed by atoms with E-state index in [0.717, 1.165) is 22.8 Å². The summed E-state index contributed by atoms with van der Waals surface area (Å²) in [5.41, 5.74) is 3.22. The lowest BCUT2D eigenvalue weighted by Gasteiger charge is -2.07. The molecule has 0 fully saturated rings. The Bertz CT molecular complexity index is 489. The lowest BCUT2D eigenvalue weighted by Crippen LogP contribution is -1.96. The van der Waals surface area contributed by atoms with Gasteiger partial charge in [-0.15, -0.1) is 0 Å². The van der Waals surface area contributed by atoms with Crippen molar-refractivity contribution in [2.45, 2.75) is 19.8 Å².